The molecule has 1 aliphatic carbocycles. The molecule has 2 heterocycles. The molecule has 1 saturated heterocycles. The Labute approximate surface area is 117 Å². The number of amides is 2. The lowest BCUT2D eigenvalue weighted by Gasteiger charge is -2.38. The third-order valence-electron chi connectivity index (χ3n) is 3.91. The number of rotatable bonds is 4. The van der Waals surface area contributed by atoms with Gasteiger partial charge in [-0.25, -0.2) is 9.97 Å². The summed E-state index contributed by atoms with van der Waals surface area (Å²) in [5, 5.41) is 2.83. The summed E-state index contributed by atoms with van der Waals surface area (Å²) in [5.41, 5.74) is 0. The number of aromatic nitrogens is 2. The molecule has 1 aliphatic heterocycles. The van der Waals surface area contributed by atoms with Gasteiger partial charge in [0.1, 0.15) is 17.9 Å². The molecule has 6 nitrogen and oxygen atoms in total. The molecule has 3 rings (SSSR count). The summed E-state index contributed by atoms with van der Waals surface area (Å²) >= 11 is 0. The fraction of sp³-hybridized carbons (Fsp3) is 0.571. The van der Waals surface area contributed by atoms with E-state index in [-0.39, 0.29) is 17.9 Å². The lowest BCUT2D eigenvalue weighted by Crippen LogP contribution is -2.63. The van der Waals surface area contributed by atoms with Gasteiger partial charge in [-0.2, -0.15) is 0 Å². The second-order valence-electron chi connectivity index (χ2n) is 5.38. The zero-order valence-electron chi connectivity index (χ0n) is 11.5. The normalized spacial score (nSPS) is 26.6. The van der Waals surface area contributed by atoms with Crippen molar-refractivity contribution in [1.29, 1.82) is 0 Å². The van der Waals surface area contributed by atoms with Gasteiger partial charge in [0, 0.05) is 12.4 Å². The predicted molar refractivity (Wildman–Crippen MR) is 71.3 cm³/mol. The Kier molecular flexibility index (Phi) is 3.38. The van der Waals surface area contributed by atoms with E-state index in [0.717, 1.165) is 12.8 Å². The zero-order chi connectivity index (χ0) is 14.1. The molecule has 1 saturated carbocycles. The summed E-state index contributed by atoms with van der Waals surface area (Å²) in [6.07, 6.45) is 5.93. The second-order valence-corrected chi connectivity index (χ2v) is 5.38. The van der Waals surface area contributed by atoms with Gasteiger partial charge < -0.3 is 10.2 Å². The molecule has 2 fully saturated rings. The summed E-state index contributed by atoms with van der Waals surface area (Å²) in [6, 6.07) is 0.969. The lowest BCUT2D eigenvalue weighted by atomic mass is 10.0. The second kappa shape index (κ2) is 5.19. The molecular weight excluding hydrogens is 256 g/mol. The monoisotopic (exact) mass is 274 g/mol. The van der Waals surface area contributed by atoms with Crippen LogP contribution in [0.25, 0.3) is 0 Å². The Morgan fingerprint density at radius 1 is 1.30 bits per heavy atom. The van der Waals surface area contributed by atoms with Crippen molar-refractivity contribution in [1.82, 2.24) is 20.2 Å². The molecule has 0 radical (unpaired) electrons. The molecule has 0 spiro atoms. The Morgan fingerprint density at radius 3 is 2.60 bits per heavy atom. The molecule has 0 bridgehead atoms. The maximum absolute atomic E-state index is 12.5. The highest BCUT2D eigenvalue weighted by Gasteiger charge is 2.47. The molecule has 20 heavy (non-hydrogen) atoms. The third kappa shape index (κ3) is 2.37. The molecule has 2 atom stereocenters. The van der Waals surface area contributed by atoms with Crippen LogP contribution in [0.5, 0.6) is 0 Å². The van der Waals surface area contributed by atoms with Crippen LogP contribution in [0.2, 0.25) is 0 Å². The Morgan fingerprint density at radius 2 is 2.00 bits per heavy atom. The number of nitrogens with zero attached hydrogens (tertiary/aromatic N) is 3. The van der Waals surface area contributed by atoms with E-state index in [1.807, 2.05) is 6.92 Å². The summed E-state index contributed by atoms with van der Waals surface area (Å²) < 4.78 is 0. The molecule has 6 heteroatoms. The number of piperazine rings is 1. The van der Waals surface area contributed by atoms with Crippen LogP contribution < -0.4 is 5.32 Å². The van der Waals surface area contributed by atoms with Crippen molar-refractivity contribution in [2.75, 3.05) is 0 Å². The van der Waals surface area contributed by atoms with Crippen molar-refractivity contribution in [3.05, 3.63) is 24.3 Å². The lowest BCUT2D eigenvalue weighted by molar-refractivity contribution is -0.151. The molecule has 0 aromatic carbocycles. The minimum atomic E-state index is -0.416. The van der Waals surface area contributed by atoms with E-state index < -0.39 is 6.04 Å². The molecule has 2 aliphatic rings. The van der Waals surface area contributed by atoms with E-state index in [0.29, 0.717) is 24.7 Å². The first-order valence-corrected chi connectivity index (χ1v) is 7.07. The van der Waals surface area contributed by atoms with Gasteiger partial charge >= 0.3 is 0 Å². The molecule has 106 valence electrons. The third-order valence-corrected chi connectivity index (χ3v) is 3.91. The van der Waals surface area contributed by atoms with Gasteiger partial charge in [0.2, 0.25) is 11.8 Å². The predicted octanol–water partition coefficient (Wildman–Crippen LogP) is 0.492. The van der Waals surface area contributed by atoms with E-state index in [2.05, 4.69) is 15.3 Å². The van der Waals surface area contributed by atoms with E-state index in [4.69, 9.17) is 0 Å². The number of carbonyl (C=O) groups excluding carboxylic acids is 2. The maximum Gasteiger partial charge on any atom is 0.246 e. The Balaban J connectivity index is 1.85. The van der Waals surface area contributed by atoms with Crippen LogP contribution in [0.4, 0.5) is 0 Å². The van der Waals surface area contributed by atoms with E-state index in [9.17, 15) is 9.59 Å². The van der Waals surface area contributed by atoms with Crippen molar-refractivity contribution in [2.24, 2.45) is 5.92 Å². The van der Waals surface area contributed by atoms with Gasteiger partial charge in [-0.15, -0.1) is 0 Å². The van der Waals surface area contributed by atoms with Crippen LogP contribution in [0.15, 0.2) is 18.5 Å². The summed E-state index contributed by atoms with van der Waals surface area (Å²) in [4.78, 5) is 34.7. The largest absolute Gasteiger partial charge is 0.343 e. The molecule has 2 unspecified atom stereocenters. The molecule has 1 aromatic rings. The van der Waals surface area contributed by atoms with Crippen LogP contribution in [-0.2, 0) is 16.1 Å². The van der Waals surface area contributed by atoms with E-state index >= 15 is 0 Å². The Bertz CT molecular complexity index is 515. The fourth-order valence-electron chi connectivity index (χ4n) is 2.70. The van der Waals surface area contributed by atoms with Crippen molar-refractivity contribution >= 4 is 11.8 Å². The Hall–Kier alpha value is -1.98. The van der Waals surface area contributed by atoms with Gasteiger partial charge in [-0.1, -0.05) is 6.92 Å². The summed E-state index contributed by atoms with van der Waals surface area (Å²) in [7, 11) is 0. The smallest absolute Gasteiger partial charge is 0.246 e. The average molecular weight is 274 g/mol. The highest BCUT2D eigenvalue weighted by molar-refractivity contribution is 5.97. The van der Waals surface area contributed by atoms with Crippen molar-refractivity contribution in [3.63, 3.8) is 0 Å². The van der Waals surface area contributed by atoms with Crippen LogP contribution in [0.1, 0.15) is 32.0 Å². The molecule has 1 aromatic heterocycles. The first-order valence-electron chi connectivity index (χ1n) is 7.07. The number of nitrogens with one attached hydrogen (secondary N) is 1. The van der Waals surface area contributed by atoms with Crippen LogP contribution >= 0.6 is 0 Å². The quantitative estimate of drug-likeness (QED) is 0.867. The standard InChI is InChI=1S/C14H18N4O2/c1-2-10-14(20)18(8-11-15-6-3-7-16-11)12(9-4-5-9)13(19)17-10/h3,6-7,9-10,12H,2,4-5,8H2,1H3,(H,17,19). The average Bonchev–Trinajstić information content (AvgIpc) is 3.28. The summed E-state index contributed by atoms with van der Waals surface area (Å²) in [5.74, 6) is 0.822. The SMILES string of the molecule is CCC1NC(=O)C(C2CC2)N(Cc2ncccn2)C1=O. The van der Waals surface area contributed by atoms with E-state index in [1.54, 1.807) is 23.4 Å². The number of carbonyl (C=O) groups is 2. The van der Waals surface area contributed by atoms with Crippen LogP contribution in [0, 0.1) is 5.92 Å². The fourth-order valence-corrected chi connectivity index (χ4v) is 2.70. The number of hydrogen-bond acceptors (Lipinski definition) is 4. The van der Waals surface area contributed by atoms with Crippen molar-refractivity contribution in [2.45, 2.75) is 44.8 Å². The maximum atomic E-state index is 12.5. The zero-order valence-corrected chi connectivity index (χ0v) is 11.5. The minimum absolute atomic E-state index is 0.0172. The summed E-state index contributed by atoms with van der Waals surface area (Å²) in [6.45, 7) is 2.21. The topological polar surface area (TPSA) is 75.2 Å². The van der Waals surface area contributed by atoms with Crippen molar-refractivity contribution in [3.8, 4) is 0 Å². The van der Waals surface area contributed by atoms with Gasteiger partial charge in [0.25, 0.3) is 0 Å². The first kappa shape index (κ1) is 13.0. The first-order chi connectivity index (χ1) is 9.70. The minimum Gasteiger partial charge on any atom is -0.343 e. The van der Waals surface area contributed by atoms with Gasteiger partial charge in [0.05, 0.1) is 6.54 Å². The van der Waals surface area contributed by atoms with Crippen molar-refractivity contribution < 1.29 is 9.59 Å². The number of hydrogen-bond donors (Lipinski definition) is 1. The van der Waals surface area contributed by atoms with Gasteiger partial charge in [-0.3, -0.25) is 9.59 Å². The molecule has 1 N–H and O–H groups in total. The highest BCUT2D eigenvalue weighted by atomic mass is 16.2. The molecular formula is C14H18N4O2. The van der Waals surface area contributed by atoms with Crippen LogP contribution in [0.3, 0.4) is 0 Å². The van der Waals surface area contributed by atoms with E-state index in [1.165, 1.54) is 0 Å². The van der Waals surface area contributed by atoms with Crippen LogP contribution in [-0.4, -0.2) is 38.8 Å². The van der Waals surface area contributed by atoms with Gasteiger partial charge in [0.15, 0.2) is 0 Å². The highest BCUT2D eigenvalue weighted by Crippen LogP contribution is 2.37. The molecule has 2 amide bonds. The van der Waals surface area contributed by atoms with Gasteiger partial charge in [-0.05, 0) is 31.2 Å².